The van der Waals surface area contributed by atoms with Crippen molar-refractivity contribution in [2.75, 3.05) is 20.1 Å². The highest BCUT2D eigenvalue weighted by molar-refractivity contribution is 6.30. The van der Waals surface area contributed by atoms with Crippen LogP contribution in [0, 0.1) is 11.3 Å². The molecule has 3 aromatic carbocycles. The van der Waals surface area contributed by atoms with E-state index in [4.69, 9.17) is 16.9 Å². The lowest BCUT2D eigenvalue weighted by Gasteiger charge is -2.52. The molecule has 1 saturated heterocycles. The highest BCUT2D eigenvalue weighted by atomic mass is 35.5. The van der Waals surface area contributed by atoms with E-state index >= 15 is 0 Å². The molecule has 4 rings (SSSR count). The SMILES string of the molecule is CN(Cc1ccc(Cl)cc1)CC1(C)CCN1C(=O)Cc1ccc(-c2ccc(C#N)cc2)cc1. The predicted molar refractivity (Wildman–Crippen MR) is 133 cm³/mol. The lowest BCUT2D eigenvalue weighted by atomic mass is 9.85. The van der Waals surface area contributed by atoms with Crippen LogP contribution in [0.5, 0.6) is 0 Å². The fourth-order valence-corrected chi connectivity index (χ4v) is 4.68. The smallest absolute Gasteiger partial charge is 0.227 e. The molecule has 1 heterocycles. The summed E-state index contributed by atoms with van der Waals surface area (Å²) in [4.78, 5) is 17.4. The Morgan fingerprint density at radius 3 is 2.12 bits per heavy atom. The monoisotopic (exact) mass is 457 g/mol. The number of nitriles is 1. The zero-order chi connectivity index (χ0) is 23.4. The van der Waals surface area contributed by atoms with Crippen molar-refractivity contribution in [1.29, 1.82) is 5.26 Å². The van der Waals surface area contributed by atoms with Crippen molar-refractivity contribution in [3.05, 3.63) is 94.5 Å². The quantitative estimate of drug-likeness (QED) is 0.467. The van der Waals surface area contributed by atoms with Gasteiger partial charge < -0.3 is 4.90 Å². The molecule has 4 nitrogen and oxygen atoms in total. The number of likely N-dealkylation sites (tertiary alicyclic amines) is 1. The molecule has 0 radical (unpaired) electrons. The number of hydrogen-bond donors (Lipinski definition) is 0. The Morgan fingerprint density at radius 2 is 1.58 bits per heavy atom. The van der Waals surface area contributed by atoms with Gasteiger partial charge in [-0.3, -0.25) is 9.69 Å². The van der Waals surface area contributed by atoms with Crippen LogP contribution >= 0.6 is 11.6 Å². The van der Waals surface area contributed by atoms with Gasteiger partial charge in [-0.25, -0.2) is 0 Å². The molecule has 1 unspecified atom stereocenters. The van der Waals surface area contributed by atoms with E-state index in [-0.39, 0.29) is 11.4 Å². The van der Waals surface area contributed by atoms with Crippen LogP contribution in [0.2, 0.25) is 5.02 Å². The Bertz CT molecular complexity index is 1150. The van der Waals surface area contributed by atoms with Crippen molar-refractivity contribution >= 4 is 17.5 Å². The van der Waals surface area contributed by atoms with Crippen molar-refractivity contribution in [2.45, 2.75) is 31.8 Å². The fraction of sp³-hybridized carbons (Fsp3) is 0.286. The van der Waals surface area contributed by atoms with Crippen LogP contribution in [0.4, 0.5) is 0 Å². The van der Waals surface area contributed by atoms with Gasteiger partial charge in [0.2, 0.25) is 5.91 Å². The van der Waals surface area contributed by atoms with Gasteiger partial charge in [-0.15, -0.1) is 0 Å². The first-order chi connectivity index (χ1) is 15.9. The number of nitrogens with zero attached hydrogens (tertiary/aromatic N) is 3. The Morgan fingerprint density at radius 1 is 1.00 bits per heavy atom. The average molecular weight is 458 g/mol. The van der Waals surface area contributed by atoms with Crippen LogP contribution in [0.1, 0.15) is 30.0 Å². The average Bonchev–Trinajstić information content (AvgIpc) is 2.80. The largest absolute Gasteiger partial charge is 0.336 e. The fourth-order valence-electron chi connectivity index (χ4n) is 4.56. The van der Waals surface area contributed by atoms with Gasteiger partial charge in [0.1, 0.15) is 0 Å². The Kier molecular flexibility index (Phi) is 6.83. The zero-order valence-corrected chi connectivity index (χ0v) is 19.8. The standard InChI is InChI=1S/C28H28ClN3O/c1-28(20-31(2)19-23-7-13-26(29)14-8-23)15-16-32(28)27(33)17-21-3-9-24(10-4-21)25-11-5-22(18-30)6-12-25/h3-14H,15-17,19-20H2,1-2H3. The van der Waals surface area contributed by atoms with Crippen molar-refractivity contribution in [3.8, 4) is 17.2 Å². The van der Waals surface area contributed by atoms with E-state index in [0.717, 1.165) is 47.8 Å². The highest BCUT2D eigenvalue weighted by Gasteiger charge is 2.43. The summed E-state index contributed by atoms with van der Waals surface area (Å²) in [5.74, 6) is 0.176. The van der Waals surface area contributed by atoms with E-state index in [2.05, 4.69) is 24.9 Å². The van der Waals surface area contributed by atoms with Crippen LogP contribution in [-0.4, -0.2) is 41.4 Å². The molecule has 1 fully saturated rings. The van der Waals surface area contributed by atoms with Gasteiger partial charge in [-0.2, -0.15) is 5.26 Å². The molecule has 1 aliphatic heterocycles. The molecular weight excluding hydrogens is 430 g/mol. The van der Waals surface area contributed by atoms with Crippen molar-refractivity contribution in [1.82, 2.24) is 9.80 Å². The summed E-state index contributed by atoms with van der Waals surface area (Å²) >= 11 is 5.99. The molecule has 5 heteroatoms. The third kappa shape index (κ3) is 5.45. The maximum atomic E-state index is 13.1. The van der Waals surface area contributed by atoms with Gasteiger partial charge in [0.25, 0.3) is 0 Å². The summed E-state index contributed by atoms with van der Waals surface area (Å²) in [6.07, 6.45) is 1.42. The van der Waals surface area contributed by atoms with Gasteiger partial charge >= 0.3 is 0 Å². The molecular formula is C28H28ClN3O. The Hall–Kier alpha value is -3.13. The summed E-state index contributed by atoms with van der Waals surface area (Å²) in [5, 5.41) is 9.70. The van der Waals surface area contributed by atoms with Gasteiger partial charge in [-0.05, 0) is 66.9 Å². The van der Waals surface area contributed by atoms with E-state index in [0.29, 0.717) is 12.0 Å². The van der Waals surface area contributed by atoms with Gasteiger partial charge in [0.15, 0.2) is 0 Å². The number of benzene rings is 3. The molecule has 1 atom stereocenters. The van der Waals surface area contributed by atoms with Crippen LogP contribution in [0.3, 0.4) is 0 Å². The molecule has 0 saturated carbocycles. The van der Waals surface area contributed by atoms with E-state index in [1.807, 2.05) is 77.7 Å². The predicted octanol–water partition coefficient (Wildman–Crippen LogP) is 5.54. The van der Waals surface area contributed by atoms with Crippen LogP contribution in [0.15, 0.2) is 72.8 Å². The van der Waals surface area contributed by atoms with Crippen LogP contribution in [-0.2, 0) is 17.8 Å². The van der Waals surface area contributed by atoms with Gasteiger partial charge in [-0.1, -0.05) is 60.1 Å². The highest BCUT2D eigenvalue weighted by Crippen LogP contribution is 2.32. The zero-order valence-electron chi connectivity index (χ0n) is 19.1. The molecule has 168 valence electrons. The van der Waals surface area contributed by atoms with Gasteiger partial charge in [0, 0.05) is 24.7 Å². The maximum Gasteiger partial charge on any atom is 0.227 e. The minimum Gasteiger partial charge on any atom is -0.336 e. The third-order valence-electron chi connectivity index (χ3n) is 6.46. The first-order valence-corrected chi connectivity index (χ1v) is 11.6. The number of halogens is 1. The third-order valence-corrected chi connectivity index (χ3v) is 6.71. The van der Waals surface area contributed by atoms with Crippen molar-refractivity contribution in [3.63, 3.8) is 0 Å². The van der Waals surface area contributed by atoms with Crippen LogP contribution < -0.4 is 0 Å². The Balaban J connectivity index is 1.34. The molecule has 1 amide bonds. The topological polar surface area (TPSA) is 47.3 Å². The first-order valence-electron chi connectivity index (χ1n) is 11.2. The maximum absolute atomic E-state index is 13.1. The molecule has 0 aromatic heterocycles. The number of carbonyl (C=O) groups excluding carboxylic acids is 1. The minimum absolute atomic E-state index is 0.138. The summed E-state index contributed by atoms with van der Waals surface area (Å²) in [6, 6.07) is 25.7. The van der Waals surface area contributed by atoms with E-state index < -0.39 is 0 Å². The normalized spacial score (nSPS) is 17.5. The van der Waals surface area contributed by atoms with Crippen molar-refractivity contribution in [2.24, 2.45) is 0 Å². The lowest BCUT2D eigenvalue weighted by Crippen LogP contribution is -2.64. The number of amides is 1. The molecule has 0 bridgehead atoms. The number of likely N-dealkylation sites (N-methyl/N-ethyl adjacent to an activating group) is 1. The number of rotatable bonds is 7. The minimum atomic E-state index is -0.138. The summed E-state index contributed by atoms with van der Waals surface area (Å²) < 4.78 is 0. The second kappa shape index (κ2) is 9.79. The number of carbonyl (C=O) groups is 1. The second-order valence-electron chi connectivity index (χ2n) is 9.15. The molecule has 33 heavy (non-hydrogen) atoms. The second-order valence-corrected chi connectivity index (χ2v) is 9.59. The first kappa shape index (κ1) is 23.0. The molecule has 0 spiro atoms. The van der Waals surface area contributed by atoms with E-state index in [1.165, 1.54) is 5.56 Å². The molecule has 0 aliphatic carbocycles. The van der Waals surface area contributed by atoms with Crippen LogP contribution in [0.25, 0.3) is 11.1 Å². The molecule has 0 N–H and O–H groups in total. The lowest BCUT2D eigenvalue weighted by molar-refractivity contribution is -0.146. The molecule has 1 aliphatic rings. The van der Waals surface area contributed by atoms with Gasteiger partial charge in [0.05, 0.1) is 23.6 Å². The summed E-state index contributed by atoms with van der Waals surface area (Å²) in [5.41, 5.74) is 4.88. The van der Waals surface area contributed by atoms with E-state index in [9.17, 15) is 4.79 Å². The Labute approximate surface area is 201 Å². The summed E-state index contributed by atoms with van der Waals surface area (Å²) in [7, 11) is 2.10. The van der Waals surface area contributed by atoms with E-state index in [1.54, 1.807) is 0 Å². The van der Waals surface area contributed by atoms with Crippen molar-refractivity contribution < 1.29 is 4.79 Å². The summed E-state index contributed by atoms with van der Waals surface area (Å²) in [6.45, 7) is 4.65. The molecule has 3 aromatic rings. The number of hydrogen-bond acceptors (Lipinski definition) is 3.